The summed E-state index contributed by atoms with van der Waals surface area (Å²) in [4.78, 5) is 27.3. The monoisotopic (exact) mass is 502 g/mol. The van der Waals surface area contributed by atoms with Crippen LogP contribution in [0.1, 0.15) is 16.1 Å². The summed E-state index contributed by atoms with van der Waals surface area (Å²) < 4.78 is 15.2. The predicted molar refractivity (Wildman–Crippen MR) is 132 cm³/mol. The molecule has 35 heavy (non-hydrogen) atoms. The number of nitrogens with zero attached hydrogens (tertiary/aromatic N) is 3. The Bertz CT molecular complexity index is 1510. The summed E-state index contributed by atoms with van der Waals surface area (Å²) in [5.41, 5.74) is 3.05. The number of Topliss-reactive ketones (excluding diaryl/α,β-unsaturated/α-hetero) is 1. The summed E-state index contributed by atoms with van der Waals surface area (Å²) >= 11 is 7.81. The van der Waals surface area contributed by atoms with E-state index in [1.807, 2.05) is 42.5 Å². The average Bonchev–Trinajstić information content (AvgIpc) is 3.25. The molecule has 0 spiro atoms. The molecule has 4 aromatic rings. The molecule has 1 atom stereocenters. The van der Waals surface area contributed by atoms with Gasteiger partial charge in [0.15, 0.2) is 5.92 Å². The Hall–Kier alpha value is -3.93. The van der Waals surface area contributed by atoms with E-state index >= 15 is 0 Å². The van der Waals surface area contributed by atoms with Gasteiger partial charge in [-0.15, -0.1) is 11.8 Å². The Balaban J connectivity index is 1.59. The normalized spacial score (nSPS) is 12.7. The fourth-order valence-electron chi connectivity index (χ4n) is 3.93. The maximum Gasteiger partial charge on any atom is 0.249 e. The first kappa shape index (κ1) is 22.8. The molecule has 0 saturated heterocycles. The Morgan fingerprint density at radius 2 is 1.91 bits per heavy atom. The molecular weight excluding hydrogens is 487 g/mol. The van der Waals surface area contributed by atoms with Crippen molar-refractivity contribution in [3.05, 3.63) is 94.9 Å². The SMILES string of the molecule is N#CC(C(=O)Nc1cccc(F)c1)C(=O)c1nn(-c2ccccc2)c2c1CSc1ccc(Cl)cc1-2. The van der Waals surface area contributed by atoms with Crippen molar-refractivity contribution < 1.29 is 14.0 Å². The minimum absolute atomic E-state index is 0.0444. The van der Waals surface area contributed by atoms with Gasteiger partial charge in [-0.2, -0.15) is 10.4 Å². The number of anilines is 1. The summed E-state index contributed by atoms with van der Waals surface area (Å²) in [5.74, 6) is -3.35. The average molecular weight is 503 g/mol. The van der Waals surface area contributed by atoms with Crippen LogP contribution in [0.5, 0.6) is 0 Å². The number of carbonyl (C=O) groups excluding carboxylic acids is 2. The number of fused-ring (bicyclic) bond motifs is 3. The zero-order valence-electron chi connectivity index (χ0n) is 18.0. The van der Waals surface area contributed by atoms with Crippen LogP contribution in [-0.2, 0) is 10.5 Å². The van der Waals surface area contributed by atoms with Crippen molar-refractivity contribution in [2.45, 2.75) is 10.6 Å². The van der Waals surface area contributed by atoms with Gasteiger partial charge in [-0.3, -0.25) is 9.59 Å². The molecule has 6 nitrogen and oxygen atoms in total. The van der Waals surface area contributed by atoms with Gasteiger partial charge in [-0.25, -0.2) is 9.07 Å². The van der Waals surface area contributed by atoms with E-state index in [0.29, 0.717) is 22.0 Å². The highest BCUT2D eigenvalue weighted by molar-refractivity contribution is 7.98. The van der Waals surface area contributed by atoms with Crippen LogP contribution in [0.4, 0.5) is 10.1 Å². The number of para-hydroxylation sites is 1. The van der Waals surface area contributed by atoms with Crippen LogP contribution < -0.4 is 5.32 Å². The quantitative estimate of drug-likeness (QED) is 0.271. The fourth-order valence-corrected chi connectivity index (χ4v) is 5.16. The molecule has 0 fully saturated rings. The van der Waals surface area contributed by atoms with Crippen LogP contribution >= 0.6 is 23.4 Å². The third-order valence-electron chi connectivity index (χ3n) is 5.53. The van der Waals surface area contributed by atoms with Crippen molar-refractivity contribution in [1.82, 2.24) is 9.78 Å². The van der Waals surface area contributed by atoms with Crippen molar-refractivity contribution in [3.63, 3.8) is 0 Å². The third kappa shape index (κ3) is 4.32. The van der Waals surface area contributed by atoms with E-state index in [4.69, 9.17) is 11.6 Å². The molecule has 2 heterocycles. The lowest BCUT2D eigenvalue weighted by molar-refractivity contribution is -0.117. The number of ketones is 1. The third-order valence-corrected chi connectivity index (χ3v) is 6.87. The van der Waals surface area contributed by atoms with E-state index in [0.717, 1.165) is 22.2 Å². The van der Waals surface area contributed by atoms with Crippen LogP contribution in [0.2, 0.25) is 5.02 Å². The van der Waals surface area contributed by atoms with Crippen LogP contribution in [0, 0.1) is 23.1 Å². The van der Waals surface area contributed by atoms with Gasteiger partial charge < -0.3 is 5.32 Å². The van der Waals surface area contributed by atoms with Gasteiger partial charge in [0.05, 0.1) is 17.5 Å². The molecule has 5 rings (SSSR count). The summed E-state index contributed by atoms with van der Waals surface area (Å²) in [6.45, 7) is 0. The molecule has 1 aliphatic rings. The number of hydrogen-bond donors (Lipinski definition) is 1. The lowest BCUT2D eigenvalue weighted by atomic mass is 9.97. The highest BCUT2D eigenvalue weighted by Gasteiger charge is 2.35. The maximum atomic E-state index is 13.5. The van der Waals surface area contributed by atoms with Gasteiger partial charge in [0.2, 0.25) is 11.7 Å². The zero-order chi connectivity index (χ0) is 24.5. The molecule has 0 radical (unpaired) electrons. The highest BCUT2D eigenvalue weighted by atomic mass is 35.5. The first-order chi connectivity index (χ1) is 17.0. The Morgan fingerprint density at radius 1 is 1.11 bits per heavy atom. The molecule has 9 heteroatoms. The number of carbonyl (C=O) groups is 2. The van der Waals surface area contributed by atoms with Crippen molar-refractivity contribution in [2.24, 2.45) is 5.92 Å². The molecule has 172 valence electrons. The lowest BCUT2D eigenvalue weighted by Gasteiger charge is -2.18. The number of nitrogens with one attached hydrogen (secondary N) is 1. The minimum Gasteiger partial charge on any atom is -0.324 e. The number of rotatable bonds is 5. The minimum atomic E-state index is -1.66. The van der Waals surface area contributed by atoms with E-state index in [9.17, 15) is 19.2 Å². The van der Waals surface area contributed by atoms with Crippen molar-refractivity contribution in [3.8, 4) is 23.0 Å². The van der Waals surface area contributed by atoms with Crippen LogP contribution in [0.15, 0.2) is 77.7 Å². The van der Waals surface area contributed by atoms with Crippen molar-refractivity contribution in [2.75, 3.05) is 5.32 Å². The lowest BCUT2D eigenvalue weighted by Crippen LogP contribution is -2.29. The Labute approximate surface area is 209 Å². The van der Waals surface area contributed by atoms with E-state index in [-0.39, 0.29) is 11.4 Å². The van der Waals surface area contributed by atoms with E-state index < -0.39 is 23.4 Å². The number of halogens is 2. The molecule has 0 aliphatic carbocycles. The summed E-state index contributed by atoms with van der Waals surface area (Å²) in [6, 6.07) is 21.8. The second kappa shape index (κ2) is 9.37. The van der Waals surface area contributed by atoms with Crippen LogP contribution in [-0.4, -0.2) is 21.5 Å². The van der Waals surface area contributed by atoms with Gasteiger partial charge in [-0.1, -0.05) is 35.9 Å². The van der Waals surface area contributed by atoms with Gasteiger partial charge in [0.25, 0.3) is 0 Å². The standard InChI is InChI=1S/C26H16ClFN4O2S/c27-15-9-10-22-19(11-15)24-21(14-35-22)23(31-32(24)18-7-2-1-3-8-18)25(33)20(13-29)26(34)30-17-6-4-5-16(28)12-17/h1-12,20H,14H2,(H,30,34). The highest BCUT2D eigenvalue weighted by Crippen LogP contribution is 2.45. The van der Waals surface area contributed by atoms with E-state index in [1.165, 1.54) is 30.0 Å². The van der Waals surface area contributed by atoms with Gasteiger partial charge in [0.1, 0.15) is 11.5 Å². The number of benzene rings is 3. The second-order valence-corrected chi connectivity index (χ2v) is 9.23. The summed E-state index contributed by atoms with van der Waals surface area (Å²) in [6.07, 6.45) is 0. The largest absolute Gasteiger partial charge is 0.324 e. The Kier molecular flexibility index (Phi) is 6.12. The Morgan fingerprint density at radius 3 is 2.66 bits per heavy atom. The van der Waals surface area contributed by atoms with Gasteiger partial charge in [0, 0.05) is 32.5 Å². The molecule has 0 saturated carbocycles. The second-order valence-electron chi connectivity index (χ2n) is 7.78. The van der Waals surface area contributed by atoms with Crippen LogP contribution in [0.25, 0.3) is 16.9 Å². The van der Waals surface area contributed by atoms with Crippen LogP contribution in [0.3, 0.4) is 0 Å². The first-order valence-electron chi connectivity index (χ1n) is 10.6. The van der Waals surface area contributed by atoms with E-state index in [2.05, 4.69) is 10.4 Å². The molecule has 0 bridgehead atoms. The maximum absolute atomic E-state index is 13.5. The molecule has 1 N–H and O–H groups in total. The van der Waals surface area contributed by atoms with Gasteiger partial charge in [-0.05, 0) is 48.5 Å². The molecule has 1 aliphatic heterocycles. The van der Waals surface area contributed by atoms with Gasteiger partial charge >= 0.3 is 0 Å². The van der Waals surface area contributed by atoms with Crippen molar-refractivity contribution >= 4 is 40.7 Å². The topological polar surface area (TPSA) is 87.8 Å². The van der Waals surface area contributed by atoms with Crippen molar-refractivity contribution in [1.29, 1.82) is 5.26 Å². The smallest absolute Gasteiger partial charge is 0.249 e. The number of nitriles is 1. The summed E-state index contributed by atoms with van der Waals surface area (Å²) in [7, 11) is 0. The number of hydrogen-bond acceptors (Lipinski definition) is 5. The fraction of sp³-hybridized carbons (Fsp3) is 0.0769. The number of amides is 1. The summed E-state index contributed by atoms with van der Waals surface area (Å²) in [5, 5.41) is 17.3. The molecule has 1 aromatic heterocycles. The molecule has 1 unspecified atom stereocenters. The predicted octanol–water partition coefficient (Wildman–Crippen LogP) is 5.90. The van der Waals surface area contributed by atoms with E-state index in [1.54, 1.807) is 16.8 Å². The zero-order valence-corrected chi connectivity index (χ0v) is 19.6. The molecule has 3 aromatic carbocycles. The first-order valence-corrected chi connectivity index (χ1v) is 11.9. The molecule has 1 amide bonds. The number of thioether (sulfide) groups is 1. The number of aromatic nitrogens is 2. The molecular formula is C26H16ClFN4O2S.